The summed E-state index contributed by atoms with van der Waals surface area (Å²) < 4.78 is 0. The Balaban J connectivity index is 1.49. The van der Waals surface area contributed by atoms with E-state index in [1.54, 1.807) is 9.80 Å². The van der Waals surface area contributed by atoms with Crippen LogP contribution in [0.4, 0.5) is 4.79 Å². The quantitative estimate of drug-likeness (QED) is 0.750. The van der Waals surface area contributed by atoms with Crippen LogP contribution in [-0.2, 0) is 26.3 Å². The predicted molar refractivity (Wildman–Crippen MR) is 100 cm³/mol. The molecule has 2 aliphatic heterocycles. The number of nitrogens with zero attached hydrogens (tertiary/aromatic N) is 3. The van der Waals surface area contributed by atoms with Crippen LogP contribution in [0.15, 0.2) is 24.3 Å². The van der Waals surface area contributed by atoms with Crippen molar-refractivity contribution in [1.29, 1.82) is 0 Å². The van der Waals surface area contributed by atoms with Gasteiger partial charge in [0.2, 0.25) is 11.8 Å². The molecule has 1 atom stereocenters. The summed E-state index contributed by atoms with van der Waals surface area (Å²) in [7, 11) is 0. The number of imide groups is 1. The number of rotatable bonds is 2. The molecule has 2 saturated heterocycles. The minimum atomic E-state index is -1.06. The third kappa shape index (κ3) is 2.93. The summed E-state index contributed by atoms with van der Waals surface area (Å²) in [4.78, 5) is 54.3. The smallest absolute Gasteiger partial charge is 0.325 e. The number of carbonyl (C=O) groups excluding carboxylic acids is 4. The molecule has 2 heterocycles. The number of urea groups is 1. The Labute approximate surface area is 163 Å². The van der Waals surface area contributed by atoms with Crippen LogP contribution in [0.3, 0.4) is 0 Å². The van der Waals surface area contributed by atoms with E-state index < -0.39 is 11.6 Å². The minimum Gasteiger partial charge on any atom is -0.339 e. The number of fused-ring (bicyclic) bond motifs is 2. The van der Waals surface area contributed by atoms with Gasteiger partial charge in [0.05, 0.1) is 0 Å². The zero-order valence-corrected chi connectivity index (χ0v) is 15.9. The standard InChI is InChI=1S/C20H24N4O4/c1-14(25)22-9-11-23(12-10-22)17(26)13-24-18(27)20(21-19(24)28)8-4-6-15-5-2-3-7-16(15)20/h2-3,5,7H,4,6,8-13H2,1H3,(H,21,28). The van der Waals surface area contributed by atoms with E-state index in [1.807, 2.05) is 24.3 Å². The van der Waals surface area contributed by atoms with Crippen molar-refractivity contribution in [2.75, 3.05) is 32.7 Å². The summed E-state index contributed by atoms with van der Waals surface area (Å²) in [6, 6.07) is 7.16. The number of aryl methyl sites for hydroxylation is 1. The van der Waals surface area contributed by atoms with Crippen molar-refractivity contribution < 1.29 is 19.2 Å². The van der Waals surface area contributed by atoms with Crippen molar-refractivity contribution in [1.82, 2.24) is 20.0 Å². The second-order valence-corrected chi connectivity index (χ2v) is 7.62. The number of hydrogen-bond acceptors (Lipinski definition) is 4. The lowest BCUT2D eigenvalue weighted by Gasteiger charge is -2.35. The lowest BCUT2D eigenvalue weighted by molar-refractivity contribution is -0.142. The zero-order chi connectivity index (χ0) is 19.9. The maximum atomic E-state index is 13.2. The monoisotopic (exact) mass is 384 g/mol. The lowest BCUT2D eigenvalue weighted by atomic mass is 9.76. The highest BCUT2D eigenvalue weighted by Gasteiger charge is 2.54. The number of hydrogen-bond donors (Lipinski definition) is 1. The summed E-state index contributed by atoms with van der Waals surface area (Å²) in [5, 5.41) is 2.87. The molecule has 28 heavy (non-hydrogen) atoms. The molecule has 2 fully saturated rings. The molecule has 0 aromatic heterocycles. The highest BCUT2D eigenvalue weighted by Crippen LogP contribution is 2.39. The Morgan fingerprint density at radius 2 is 1.75 bits per heavy atom. The molecule has 3 aliphatic rings. The van der Waals surface area contributed by atoms with Gasteiger partial charge in [-0.1, -0.05) is 24.3 Å². The normalized spacial score (nSPS) is 24.4. The van der Waals surface area contributed by atoms with E-state index in [0.717, 1.165) is 28.9 Å². The van der Waals surface area contributed by atoms with Gasteiger partial charge in [0, 0.05) is 33.1 Å². The maximum Gasteiger partial charge on any atom is 0.325 e. The SMILES string of the molecule is CC(=O)N1CCN(C(=O)CN2C(=O)NC3(CCCc4ccccc43)C2=O)CC1. The van der Waals surface area contributed by atoms with E-state index in [9.17, 15) is 19.2 Å². The first-order chi connectivity index (χ1) is 13.4. The van der Waals surface area contributed by atoms with Crippen LogP contribution in [0.25, 0.3) is 0 Å². The molecule has 148 valence electrons. The molecule has 1 N–H and O–H groups in total. The molecular formula is C20H24N4O4. The fourth-order valence-electron chi connectivity index (χ4n) is 4.46. The Kier molecular flexibility index (Phi) is 4.56. The van der Waals surface area contributed by atoms with Gasteiger partial charge >= 0.3 is 6.03 Å². The Morgan fingerprint density at radius 3 is 2.46 bits per heavy atom. The van der Waals surface area contributed by atoms with Gasteiger partial charge in [0.15, 0.2) is 0 Å². The average molecular weight is 384 g/mol. The largest absolute Gasteiger partial charge is 0.339 e. The molecule has 1 aromatic rings. The number of nitrogens with one attached hydrogen (secondary N) is 1. The molecule has 8 heteroatoms. The Bertz CT molecular complexity index is 846. The van der Waals surface area contributed by atoms with E-state index in [1.165, 1.54) is 6.92 Å². The van der Waals surface area contributed by atoms with Gasteiger partial charge in [-0.2, -0.15) is 0 Å². The van der Waals surface area contributed by atoms with Crippen LogP contribution in [0.1, 0.15) is 30.9 Å². The van der Waals surface area contributed by atoms with Gasteiger partial charge in [0.1, 0.15) is 12.1 Å². The number of benzene rings is 1. The zero-order valence-electron chi connectivity index (χ0n) is 15.9. The predicted octanol–water partition coefficient (Wildman–Crippen LogP) is 0.461. The van der Waals surface area contributed by atoms with Crippen LogP contribution in [0, 0.1) is 0 Å². The third-order valence-electron chi connectivity index (χ3n) is 6.02. The van der Waals surface area contributed by atoms with E-state index in [-0.39, 0.29) is 24.3 Å². The van der Waals surface area contributed by atoms with Crippen molar-refractivity contribution in [3.8, 4) is 0 Å². The van der Waals surface area contributed by atoms with Gasteiger partial charge in [-0.25, -0.2) is 4.79 Å². The van der Waals surface area contributed by atoms with Crippen LogP contribution in [-0.4, -0.2) is 71.2 Å². The van der Waals surface area contributed by atoms with Crippen LogP contribution in [0.5, 0.6) is 0 Å². The van der Waals surface area contributed by atoms with Crippen molar-refractivity contribution in [3.05, 3.63) is 35.4 Å². The van der Waals surface area contributed by atoms with E-state index in [4.69, 9.17) is 0 Å². The highest BCUT2D eigenvalue weighted by atomic mass is 16.2. The molecule has 0 radical (unpaired) electrons. The number of piperazine rings is 1. The summed E-state index contributed by atoms with van der Waals surface area (Å²) in [6.07, 6.45) is 2.22. The molecule has 1 aromatic carbocycles. The topological polar surface area (TPSA) is 90.0 Å². The fourth-order valence-corrected chi connectivity index (χ4v) is 4.46. The molecule has 0 bridgehead atoms. The van der Waals surface area contributed by atoms with Crippen LogP contribution >= 0.6 is 0 Å². The van der Waals surface area contributed by atoms with Crippen molar-refractivity contribution in [3.63, 3.8) is 0 Å². The second kappa shape index (κ2) is 6.92. The highest BCUT2D eigenvalue weighted by molar-refractivity contribution is 6.09. The van der Waals surface area contributed by atoms with Gasteiger partial charge < -0.3 is 15.1 Å². The third-order valence-corrected chi connectivity index (χ3v) is 6.02. The van der Waals surface area contributed by atoms with Crippen LogP contribution in [0.2, 0.25) is 0 Å². The second-order valence-electron chi connectivity index (χ2n) is 7.62. The Morgan fingerprint density at radius 1 is 1.07 bits per heavy atom. The first-order valence-corrected chi connectivity index (χ1v) is 9.68. The summed E-state index contributed by atoms with van der Waals surface area (Å²) in [5.74, 6) is -0.632. The molecule has 1 unspecified atom stereocenters. The fraction of sp³-hybridized carbons (Fsp3) is 0.500. The average Bonchev–Trinajstić information content (AvgIpc) is 2.93. The van der Waals surface area contributed by atoms with Crippen molar-refractivity contribution in [2.24, 2.45) is 0 Å². The van der Waals surface area contributed by atoms with Crippen molar-refractivity contribution >= 4 is 23.8 Å². The molecule has 5 amide bonds. The molecular weight excluding hydrogens is 360 g/mol. The Hall–Kier alpha value is -2.90. The van der Waals surface area contributed by atoms with E-state index >= 15 is 0 Å². The first-order valence-electron chi connectivity index (χ1n) is 9.68. The van der Waals surface area contributed by atoms with Gasteiger partial charge in [-0.05, 0) is 30.4 Å². The molecule has 8 nitrogen and oxygen atoms in total. The van der Waals surface area contributed by atoms with Gasteiger partial charge in [-0.15, -0.1) is 0 Å². The maximum absolute atomic E-state index is 13.2. The van der Waals surface area contributed by atoms with E-state index in [0.29, 0.717) is 32.6 Å². The van der Waals surface area contributed by atoms with E-state index in [2.05, 4.69) is 5.32 Å². The summed E-state index contributed by atoms with van der Waals surface area (Å²) >= 11 is 0. The summed E-state index contributed by atoms with van der Waals surface area (Å²) in [5.41, 5.74) is 0.847. The first kappa shape index (κ1) is 18.5. The number of amides is 5. The lowest BCUT2D eigenvalue weighted by Crippen LogP contribution is -2.53. The minimum absolute atomic E-state index is 0.0147. The summed E-state index contributed by atoms with van der Waals surface area (Å²) in [6.45, 7) is 3.00. The molecule has 1 aliphatic carbocycles. The van der Waals surface area contributed by atoms with Gasteiger partial charge in [0.25, 0.3) is 5.91 Å². The molecule has 4 rings (SSSR count). The molecule has 1 spiro atoms. The van der Waals surface area contributed by atoms with Crippen molar-refractivity contribution in [2.45, 2.75) is 31.7 Å². The number of carbonyl (C=O) groups is 4. The van der Waals surface area contributed by atoms with Gasteiger partial charge in [-0.3, -0.25) is 19.3 Å². The molecule has 0 saturated carbocycles. The van der Waals surface area contributed by atoms with Crippen LogP contribution < -0.4 is 5.32 Å².